The second-order valence-electron chi connectivity index (χ2n) is 4.92. The number of fused-ring (bicyclic) bond motifs is 1. The van der Waals surface area contributed by atoms with Gasteiger partial charge < -0.3 is 0 Å². The Balaban J connectivity index is 2.58. The van der Waals surface area contributed by atoms with Crippen molar-refractivity contribution in [3.8, 4) is 0 Å². The molecule has 0 atom stereocenters. The highest BCUT2D eigenvalue weighted by atomic mass is 32.2. The molecule has 0 bridgehead atoms. The SMILES string of the molecule is CC(C)(C)Sc1ccc(C(F)(F)F)n2ccnc12. The minimum absolute atomic E-state index is 0.0772. The van der Waals surface area contributed by atoms with Crippen molar-refractivity contribution in [2.45, 2.75) is 36.6 Å². The van der Waals surface area contributed by atoms with E-state index in [4.69, 9.17) is 0 Å². The summed E-state index contributed by atoms with van der Waals surface area (Å²) in [5, 5.41) is 0. The Morgan fingerprint density at radius 2 is 1.83 bits per heavy atom. The van der Waals surface area contributed by atoms with Crippen molar-refractivity contribution in [1.82, 2.24) is 9.38 Å². The van der Waals surface area contributed by atoms with Crippen LogP contribution in [0.15, 0.2) is 29.4 Å². The van der Waals surface area contributed by atoms with Gasteiger partial charge in [-0.25, -0.2) is 4.98 Å². The number of rotatable bonds is 1. The first-order valence-corrected chi connectivity index (χ1v) is 6.22. The van der Waals surface area contributed by atoms with Crippen LogP contribution in [-0.2, 0) is 6.18 Å². The van der Waals surface area contributed by atoms with E-state index in [0.29, 0.717) is 5.65 Å². The van der Waals surface area contributed by atoms with E-state index in [2.05, 4.69) is 4.98 Å². The van der Waals surface area contributed by atoms with Crippen molar-refractivity contribution in [3.05, 3.63) is 30.2 Å². The zero-order valence-corrected chi connectivity index (χ0v) is 11.1. The van der Waals surface area contributed by atoms with E-state index < -0.39 is 11.9 Å². The molecule has 0 N–H and O–H groups in total. The molecule has 2 aromatic rings. The summed E-state index contributed by atoms with van der Waals surface area (Å²) in [6, 6.07) is 2.59. The summed E-state index contributed by atoms with van der Waals surface area (Å²) in [6.07, 6.45) is -1.65. The quantitative estimate of drug-likeness (QED) is 0.723. The molecule has 18 heavy (non-hydrogen) atoms. The topological polar surface area (TPSA) is 17.3 Å². The smallest absolute Gasteiger partial charge is 0.295 e. The lowest BCUT2D eigenvalue weighted by atomic mass is 10.3. The van der Waals surface area contributed by atoms with E-state index in [0.717, 1.165) is 15.4 Å². The van der Waals surface area contributed by atoms with Gasteiger partial charge in [0.25, 0.3) is 0 Å². The molecule has 0 aromatic carbocycles. The van der Waals surface area contributed by atoms with Gasteiger partial charge in [-0.1, -0.05) is 20.8 Å². The van der Waals surface area contributed by atoms with Gasteiger partial charge in [0, 0.05) is 17.1 Å². The van der Waals surface area contributed by atoms with Crippen molar-refractivity contribution in [1.29, 1.82) is 0 Å². The van der Waals surface area contributed by atoms with Crippen LogP contribution >= 0.6 is 11.8 Å². The Bertz CT molecular complexity index is 567. The molecule has 0 fully saturated rings. The predicted octanol–water partition coefficient (Wildman–Crippen LogP) is 4.24. The van der Waals surface area contributed by atoms with Crippen LogP contribution in [0.25, 0.3) is 5.65 Å². The number of thioether (sulfide) groups is 1. The van der Waals surface area contributed by atoms with E-state index in [1.165, 1.54) is 30.2 Å². The first kappa shape index (κ1) is 13.3. The van der Waals surface area contributed by atoms with Gasteiger partial charge in [-0.15, -0.1) is 11.8 Å². The first-order valence-electron chi connectivity index (χ1n) is 5.41. The molecule has 2 nitrogen and oxygen atoms in total. The number of pyridine rings is 1. The van der Waals surface area contributed by atoms with E-state index in [1.54, 1.807) is 0 Å². The van der Waals surface area contributed by atoms with Crippen molar-refractivity contribution in [2.75, 3.05) is 0 Å². The summed E-state index contributed by atoms with van der Waals surface area (Å²) in [4.78, 5) is 4.77. The second-order valence-corrected chi connectivity index (χ2v) is 6.78. The van der Waals surface area contributed by atoms with E-state index in [1.807, 2.05) is 20.8 Å². The lowest BCUT2D eigenvalue weighted by Gasteiger charge is -2.19. The summed E-state index contributed by atoms with van der Waals surface area (Å²) in [5.74, 6) is 0. The maximum Gasteiger partial charge on any atom is 0.431 e. The van der Waals surface area contributed by atoms with Crippen molar-refractivity contribution >= 4 is 17.4 Å². The van der Waals surface area contributed by atoms with E-state index in [-0.39, 0.29) is 4.75 Å². The maximum absolute atomic E-state index is 12.8. The van der Waals surface area contributed by atoms with Gasteiger partial charge in [0.05, 0.1) is 4.90 Å². The fourth-order valence-electron chi connectivity index (χ4n) is 1.63. The molecule has 0 aliphatic rings. The van der Waals surface area contributed by atoms with Gasteiger partial charge in [0.1, 0.15) is 5.69 Å². The zero-order chi connectivity index (χ0) is 13.6. The Morgan fingerprint density at radius 1 is 1.17 bits per heavy atom. The molecular weight excluding hydrogens is 261 g/mol. The third-order valence-electron chi connectivity index (χ3n) is 2.22. The minimum Gasteiger partial charge on any atom is -0.295 e. The monoisotopic (exact) mass is 274 g/mol. The Kier molecular flexibility index (Phi) is 3.09. The van der Waals surface area contributed by atoms with Crippen molar-refractivity contribution in [2.24, 2.45) is 0 Å². The number of alkyl halides is 3. The normalized spacial score (nSPS) is 13.2. The van der Waals surface area contributed by atoms with Gasteiger partial charge in [-0.05, 0) is 12.1 Å². The van der Waals surface area contributed by atoms with Crippen LogP contribution in [0.3, 0.4) is 0 Å². The highest BCUT2D eigenvalue weighted by Gasteiger charge is 2.34. The zero-order valence-electron chi connectivity index (χ0n) is 10.2. The molecule has 0 aliphatic carbocycles. The summed E-state index contributed by atoms with van der Waals surface area (Å²) < 4.78 is 39.4. The number of aromatic nitrogens is 2. The Hall–Kier alpha value is -1.17. The Labute approximate surface area is 107 Å². The molecule has 6 heteroatoms. The summed E-state index contributed by atoms with van der Waals surface area (Å²) >= 11 is 1.50. The third-order valence-corrected chi connectivity index (χ3v) is 3.37. The van der Waals surface area contributed by atoms with E-state index >= 15 is 0 Å². The molecule has 0 unspecified atom stereocenters. The number of hydrogen-bond donors (Lipinski definition) is 0. The van der Waals surface area contributed by atoms with Crippen LogP contribution in [0.2, 0.25) is 0 Å². The van der Waals surface area contributed by atoms with Crippen LogP contribution in [0.5, 0.6) is 0 Å². The van der Waals surface area contributed by atoms with Gasteiger partial charge in [-0.3, -0.25) is 4.40 Å². The average Bonchev–Trinajstić information content (AvgIpc) is 2.62. The molecule has 0 amide bonds. The van der Waals surface area contributed by atoms with Crippen molar-refractivity contribution < 1.29 is 13.2 Å². The lowest BCUT2D eigenvalue weighted by molar-refractivity contribution is -0.142. The maximum atomic E-state index is 12.8. The number of hydrogen-bond acceptors (Lipinski definition) is 2. The molecule has 0 saturated heterocycles. The largest absolute Gasteiger partial charge is 0.431 e. The molecule has 2 rings (SSSR count). The van der Waals surface area contributed by atoms with Gasteiger partial charge in [0.15, 0.2) is 5.65 Å². The molecule has 2 heterocycles. The average molecular weight is 274 g/mol. The van der Waals surface area contributed by atoms with Crippen LogP contribution < -0.4 is 0 Å². The fourth-order valence-corrected chi connectivity index (χ4v) is 2.67. The highest BCUT2D eigenvalue weighted by molar-refractivity contribution is 8.00. The molecule has 0 spiro atoms. The van der Waals surface area contributed by atoms with Crippen LogP contribution in [0.1, 0.15) is 26.5 Å². The van der Waals surface area contributed by atoms with E-state index in [9.17, 15) is 13.2 Å². The van der Waals surface area contributed by atoms with Gasteiger partial charge in [0.2, 0.25) is 0 Å². The summed E-state index contributed by atoms with van der Waals surface area (Å²) in [5.41, 5.74) is -0.349. The molecule has 0 radical (unpaired) electrons. The Morgan fingerprint density at radius 3 is 2.39 bits per heavy atom. The van der Waals surface area contributed by atoms with Crippen LogP contribution in [0.4, 0.5) is 13.2 Å². The molecule has 98 valence electrons. The number of nitrogens with zero attached hydrogens (tertiary/aromatic N) is 2. The third kappa shape index (κ3) is 2.63. The molecular formula is C12H13F3N2S. The molecule has 0 aliphatic heterocycles. The number of imidazole rings is 1. The van der Waals surface area contributed by atoms with Crippen LogP contribution in [0, 0.1) is 0 Å². The van der Waals surface area contributed by atoms with Gasteiger partial charge in [-0.2, -0.15) is 13.2 Å². The fraction of sp³-hybridized carbons (Fsp3) is 0.417. The lowest BCUT2D eigenvalue weighted by Crippen LogP contribution is -2.12. The minimum atomic E-state index is -4.37. The summed E-state index contributed by atoms with van der Waals surface area (Å²) in [7, 11) is 0. The van der Waals surface area contributed by atoms with Gasteiger partial charge >= 0.3 is 6.18 Å². The first-order chi connectivity index (χ1) is 8.18. The molecule has 0 saturated carbocycles. The number of halogens is 3. The predicted molar refractivity (Wildman–Crippen MR) is 65.8 cm³/mol. The van der Waals surface area contributed by atoms with Crippen LogP contribution in [-0.4, -0.2) is 14.1 Å². The second kappa shape index (κ2) is 4.19. The standard InChI is InChI=1S/C12H13F3N2S/c1-11(2,3)18-8-4-5-9(12(13,14)15)17-7-6-16-10(8)17/h4-7H,1-3H3. The summed E-state index contributed by atoms with van der Waals surface area (Å²) in [6.45, 7) is 6.03. The van der Waals surface area contributed by atoms with Crippen molar-refractivity contribution in [3.63, 3.8) is 0 Å². The molecule has 2 aromatic heterocycles. The highest BCUT2D eigenvalue weighted by Crippen LogP contribution is 2.37.